The van der Waals surface area contributed by atoms with Gasteiger partial charge in [0.2, 0.25) is 15.9 Å². The molecule has 0 atom stereocenters. The molecule has 5 rings (SSSR count). The number of carbonyl (C=O) groups excluding carboxylic acids is 1. The number of carbonyl (C=O) groups is 1. The number of piperidine rings is 1. The zero-order valence-electron chi connectivity index (χ0n) is 21.3. The molecule has 3 aromatic rings. The fraction of sp³-hybridized carbons (Fsp3) is 0.462. The van der Waals surface area contributed by atoms with Gasteiger partial charge in [0, 0.05) is 30.1 Å². The fourth-order valence-corrected chi connectivity index (χ4v) is 8.56. The van der Waals surface area contributed by atoms with Gasteiger partial charge in [-0.15, -0.1) is 21.5 Å². The largest absolute Gasteiger partial charge is 0.316 e. The van der Waals surface area contributed by atoms with E-state index in [1.54, 1.807) is 28.6 Å². The van der Waals surface area contributed by atoms with E-state index in [-0.39, 0.29) is 16.6 Å². The number of nitrogens with zero attached hydrogens (tertiary/aromatic N) is 5. The Morgan fingerprint density at radius 3 is 2.55 bits per heavy atom. The van der Waals surface area contributed by atoms with Crippen molar-refractivity contribution in [3.05, 3.63) is 40.3 Å². The van der Waals surface area contributed by atoms with Gasteiger partial charge in [-0.3, -0.25) is 4.79 Å². The smallest absolute Gasteiger partial charge is 0.243 e. The van der Waals surface area contributed by atoms with Gasteiger partial charge in [0.1, 0.15) is 11.1 Å². The quantitative estimate of drug-likeness (QED) is 0.390. The van der Waals surface area contributed by atoms with Crippen molar-refractivity contribution >= 4 is 44.0 Å². The Morgan fingerprint density at radius 1 is 1.11 bits per heavy atom. The van der Waals surface area contributed by atoms with Gasteiger partial charge in [-0.1, -0.05) is 18.2 Å². The van der Waals surface area contributed by atoms with Crippen LogP contribution in [0.15, 0.2) is 34.3 Å². The minimum absolute atomic E-state index is 0.137. The van der Waals surface area contributed by atoms with Crippen molar-refractivity contribution in [2.24, 2.45) is 0 Å². The molecule has 1 N–H and O–H groups in total. The molecule has 0 unspecified atom stereocenters. The lowest BCUT2D eigenvalue weighted by molar-refractivity contribution is -0.113. The Hall–Kier alpha value is -2.72. The molecule has 12 heteroatoms. The monoisotopic (exact) mass is 570 g/mol. The molecular weight excluding hydrogens is 541 g/mol. The molecule has 1 amide bonds. The van der Waals surface area contributed by atoms with E-state index in [9.17, 15) is 18.5 Å². The van der Waals surface area contributed by atoms with E-state index in [0.29, 0.717) is 41.2 Å². The number of thioether (sulfide) groups is 1. The van der Waals surface area contributed by atoms with E-state index < -0.39 is 10.0 Å². The molecule has 0 saturated carbocycles. The molecule has 2 aliphatic rings. The first-order valence-corrected chi connectivity index (χ1v) is 16.2. The van der Waals surface area contributed by atoms with Gasteiger partial charge in [0.15, 0.2) is 11.0 Å². The third-order valence-corrected chi connectivity index (χ3v) is 11.1. The maximum Gasteiger partial charge on any atom is 0.243 e. The number of hydrogen-bond acceptors (Lipinski definition) is 8. The number of benzene rings is 1. The van der Waals surface area contributed by atoms with Crippen molar-refractivity contribution in [3.63, 3.8) is 0 Å². The van der Waals surface area contributed by atoms with Crippen LogP contribution in [0.3, 0.4) is 0 Å². The summed E-state index contributed by atoms with van der Waals surface area (Å²) in [5.74, 6) is 0.568. The highest BCUT2D eigenvalue weighted by Crippen LogP contribution is 2.37. The Morgan fingerprint density at radius 2 is 1.84 bits per heavy atom. The van der Waals surface area contributed by atoms with Gasteiger partial charge >= 0.3 is 0 Å². The summed E-state index contributed by atoms with van der Waals surface area (Å²) in [7, 11) is -3.50. The Kier molecular flexibility index (Phi) is 8.18. The number of thiophene rings is 1. The van der Waals surface area contributed by atoms with E-state index >= 15 is 0 Å². The van der Waals surface area contributed by atoms with E-state index in [1.165, 1.54) is 28.0 Å². The first-order chi connectivity index (χ1) is 18.4. The van der Waals surface area contributed by atoms with Gasteiger partial charge in [0.25, 0.3) is 0 Å². The summed E-state index contributed by atoms with van der Waals surface area (Å²) in [5, 5.41) is 22.4. The highest BCUT2D eigenvalue weighted by atomic mass is 32.2. The second-order valence-electron chi connectivity index (χ2n) is 9.40. The highest BCUT2D eigenvalue weighted by Gasteiger charge is 2.26. The van der Waals surface area contributed by atoms with Crippen molar-refractivity contribution in [3.8, 4) is 17.5 Å². The number of aromatic nitrogens is 3. The van der Waals surface area contributed by atoms with Gasteiger partial charge < -0.3 is 9.88 Å². The second-order valence-corrected chi connectivity index (χ2v) is 13.4. The van der Waals surface area contributed by atoms with Gasteiger partial charge in [-0.2, -0.15) is 9.57 Å². The SMILES string of the molecule is CCn1c(SCC(=O)Nc2sc3c(c2C#N)CCCC3)nnc1-c1ccc(S(=O)(=O)N2CCCCC2)cc1. The predicted octanol–water partition coefficient (Wildman–Crippen LogP) is 4.68. The number of rotatable bonds is 8. The number of sulfonamides is 1. The molecule has 200 valence electrons. The van der Waals surface area contributed by atoms with Crippen LogP contribution in [0.1, 0.15) is 55.0 Å². The first-order valence-electron chi connectivity index (χ1n) is 12.9. The van der Waals surface area contributed by atoms with Crippen LogP contribution in [0.2, 0.25) is 0 Å². The maximum atomic E-state index is 13.0. The third-order valence-electron chi connectivity index (χ3n) is 6.97. The Labute approximate surface area is 231 Å². The molecule has 1 aromatic carbocycles. The zero-order valence-corrected chi connectivity index (χ0v) is 23.7. The summed E-state index contributed by atoms with van der Waals surface area (Å²) in [4.78, 5) is 14.2. The number of hydrogen-bond donors (Lipinski definition) is 1. The van der Waals surface area contributed by atoms with E-state index in [0.717, 1.165) is 56.1 Å². The predicted molar refractivity (Wildman–Crippen MR) is 149 cm³/mol. The maximum absolute atomic E-state index is 13.0. The summed E-state index contributed by atoms with van der Waals surface area (Å²) in [6.07, 6.45) is 6.91. The number of amides is 1. The van der Waals surface area contributed by atoms with Gasteiger partial charge in [0.05, 0.1) is 16.2 Å². The van der Waals surface area contributed by atoms with Crippen LogP contribution in [0.4, 0.5) is 5.00 Å². The van der Waals surface area contributed by atoms with Crippen LogP contribution in [-0.2, 0) is 34.2 Å². The first kappa shape index (κ1) is 26.9. The molecule has 38 heavy (non-hydrogen) atoms. The lowest BCUT2D eigenvalue weighted by atomic mass is 9.96. The number of anilines is 1. The molecule has 1 saturated heterocycles. The minimum Gasteiger partial charge on any atom is -0.316 e. The van der Waals surface area contributed by atoms with Gasteiger partial charge in [-0.05, 0) is 75.3 Å². The summed E-state index contributed by atoms with van der Waals surface area (Å²) in [5.41, 5.74) is 2.46. The third kappa shape index (κ3) is 5.38. The zero-order chi connectivity index (χ0) is 26.7. The van der Waals surface area contributed by atoms with Crippen LogP contribution in [0.5, 0.6) is 0 Å². The standard InChI is InChI=1S/C26H30N6O3S3/c1-2-32-24(18-10-12-19(13-11-18)38(34,35)31-14-6-3-7-15-31)29-30-26(32)36-17-23(33)28-25-21(16-27)20-8-4-5-9-22(20)37-25/h10-13H,2-9,14-15,17H2,1H3,(H,28,33). The molecule has 1 fully saturated rings. The Bertz CT molecular complexity index is 1460. The average Bonchev–Trinajstić information content (AvgIpc) is 3.52. The average molecular weight is 571 g/mol. The summed E-state index contributed by atoms with van der Waals surface area (Å²) in [6, 6.07) is 9.05. The molecule has 1 aliphatic carbocycles. The van der Waals surface area contributed by atoms with Crippen molar-refractivity contribution < 1.29 is 13.2 Å². The molecule has 3 heterocycles. The summed E-state index contributed by atoms with van der Waals surface area (Å²) >= 11 is 2.80. The lowest BCUT2D eigenvalue weighted by Gasteiger charge is -2.25. The van der Waals surface area contributed by atoms with Crippen LogP contribution in [-0.4, -0.2) is 52.2 Å². The van der Waals surface area contributed by atoms with Crippen LogP contribution in [0.25, 0.3) is 11.4 Å². The number of fused-ring (bicyclic) bond motifs is 1. The lowest BCUT2D eigenvalue weighted by Crippen LogP contribution is -2.35. The Balaban J connectivity index is 1.26. The fourth-order valence-electron chi connectivity index (χ4n) is 4.99. The van der Waals surface area contributed by atoms with Gasteiger partial charge in [-0.25, -0.2) is 8.42 Å². The molecule has 0 bridgehead atoms. The molecule has 0 spiro atoms. The number of nitrogens with one attached hydrogen (secondary N) is 1. The topological polar surface area (TPSA) is 121 Å². The van der Waals surface area contributed by atoms with E-state index in [4.69, 9.17) is 0 Å². The molecule has 2 aromatic heterocycles. The van der Waals surface area contributed by atoms with Crippen molar-refractivity contribution in [1.29, 1.82) is 5.26 Å². The van der Waals surface area contributed by atoms with E-state index in [2.05, 4.69) is 21.6 Å². The summed E-state index contributed by atoms with van der Waals surface area (Å²) in [6.45, 7) is 3.70. The normalized spacial score (nSPS) is 16.1. The summed E-state index contributed by atoms with van der Waals surface area (Å²) < 4.78 is 29.4. The van der Waals surface area contributed by atoms with Crippen molar-refractivity contribution in [2.45, 2.75) is 68.5 Å². The van der Waals surface area contributed by atoms with E-state index in [1.807, 2.05) is 11.5 Å². The number of aryl methyl sites for hydroxylation is 1. The van der Waals surface area contributed by atoms with Crippen LogP contribution < -0.4 is 5.32 Å². The molecule has 0 radical (unpaired) electrons. The molecule has 1 aliphatic heterocycles. The molecule has 9 nitrogen and oxygen atoms in total. The van der Waals surface area contributed by atoms with Crippen LogP contribution >= 0.6 is 23.1 Å². The number of nitriles is 1. The highest BCUT2D eigenvalue weighted by molar-refractivity contribution is 7.99. The minimum atomic E-state index is -3.50. The second kappa shape index (κ2) is 11.6. The van der Waals surface area contributed by atoms with Crippen LogP contribution in [0, 0.1) is 11.3 Å². The molecular formula is C26H30N6O3S3. The van der Waals surface area contributed by atoms with Crippen molar-refractivity contribution in [2.75, 3.05) is 24.2 Å². The van der Waals surface area contributed by atoms with Crippen molar-refractivity contribution in [1.82, 2.24) is 19.1 Å².